The monoisotopic (exact) mass is 473 g/mol. The van der Waals surface area contributed by atoms with E-state index in [1.54, 1.807) is 17.2 Å². The van der Waals surface area contributed by atoms with Gasteiger partial charge in [-0.25, -0.2) is 0 Å². The molecule has 160 valence electrons. The number of phenolic OH excluding ortho intramolecular Hbond substituents is 1. The van der Waals surface area contributed by atoms with E-state index < -0.39 is 6.04 Å². The van der Waals surface area contributed by atoms with Gasteiger partial charge in [-0.05, 0) is 17.7 Å². The molecule has 0 aliphatic carbocycles. The zero-order valence-corrected chi connectivity index (χ0v) is 18.5. The lowest BCUT2D eigenvalue weighted by molar-refractivity contribution is -0.134. The first-order chi connectivity index (χ1) is 11.6. The van der Waals surface area contributed by atoms with Crippen LogP contribution in [0.5, 0.6) is 5.75 Å². The molecule has 7 nitrogen and oxygen atoms in total. The number of pyridine rings is 1. The number of nitrogens with zero attached hydrogens (tertiary/aromatic N) is 3. The Labute approximate surface area is 189 Å². The van der Waals surface area contributed by atoms with Gasteiger partial charge in [0.05, 0.1) is 6.04 Å². The number of aromatic nitrogens is 1. The molecule has 1 saturated heterocycles. The number of carbonyl (C=O) groups excluding carboxylic acids is 1. The van der Waals surface area contributed by atoms with Crippen LogP contribution >= 0.6 is 49.6 Å². The lowest BCUT2D eigenvalue weighted by Crippen LogP contribution is -2.54. The van der Waals surface area contributed by atoms with E-state index in [1.807, 2.05) is 18.2 Å². The second kappa shape index (κ2) is 13.2. The maximum Gasteiger partial charge on any atom is 0.240 e. The molecule has 1 aliphatic rings. The van der Waals surface area contributed by atoms with E-state index in [0.717, 1.165) is 30.6 Å². The van der Waals surface area contributed by atoms with Gasteiger partial charge in [0, 0.05) is 50.9 Å². The number of phenols is 1. The molecule has 28 heavy (non-hydrogen) atoms. The Hall–Kier alpha value is -1.06. The van der Waals surface area contributed by atoms with Gasteiger partial charge < -0.3 is 21.5 Å². The highest BCUT2D eigenvalue weighted by atomic mass is 35.5. The Morgan fingerprint density at radius 1 is 1.11 bits per heavy atom. The summed E-state index contributed by atoms with van der Waals surface area (Å²) in [6.45, 7) is 3.80. The molecule has 2 heterocycles. The Bertz CT molecular complexity index is 745. The molecule has 0 bridgehead atoms. The Kier molecular flexibility index (Phi) is 13.8. The Morgan fingerprint density at radius 2 is 1.75 bits per heavy atom. The van der Waals surface area contributed by atoms with Crippen molar-refractivity contribution in [3.05, 3.63) is 36.0 Å². The van der Waals surface area contributed by atoms with Gasteiger partial charge in [-0.15, -0.1) is 49.6 Å². The van der Waals surface area contributed by atoms with Gasteiger partial charge >= 0.3 is 0 Å². The van der Waals surface area contributed by atoms with Gasteiger partial charge in [0.25, 0.3) is 0 Å². The highest BCUT2D eigenvalue weighted by molar-refractivity contribution is 5.87. The minimum absolute atomic E-state index is 0. The number of rotatable bonds is 4. The van der Waals surface area contributed by atoms with Crippen LogP contribution in [-0.4, -0.2) is 64.6 Å². The number of carbonyl (C=O) groups is 1. The number of fused-ring (bicyclic) bond motifs is 1. The van der Waals surface area contributed by atoms with Crippen LogP contribution in [0.15, 0.2) is 30.5 Å². The second-order valence-electron chi connectivity index (χ2n) is 6.09. The summed E-state index contributed by atoms with van der Waals surface area (Å²) in [4.78, 5) is 20.4. The summed E-state index contributed by atoms with van der Waals surface area (Å²) >= 11 is 0. The molecule has 2 aromatic rings. The van der Waals surface area contributed by atoms with Crippen molar-refractivity contribution in [1.82, 2.24) is 14.8 Å². The molecule has 0 unspecified atom stereocenters. The molecule has 11 heteroatoms. The summed E-state index contributed by atoms with van der Waals surface area (Å²) in [5, 5.41) is 10.9. The van der Waals surface area contributed by atoms with Crippen LogP contribution in [0.25, 0.3) is 10.9 Å². The van der Waals surface area contributed by atoms with Crippen LogP contribution in [0.3, 0.4) is 0 Å². The molecule has 0 spiro atoms. The van der Waals surface area contributed by atoms with Crippen LogP contribution < -0.4 is 11.5 Å². The van der Waals surface area contributed by atoms with Gasteiger partial charge in [-0.3, -0.25) is 14.7 Å². The first kappa shape index (κ1) is 29.1. The molecule has 0 radical (unpaired) electrons. The summed E-state index contributed by atoms with van der Waals surface area (Å²) in [5.74, 6) is 0.122. The van der Waals surface area contributed by atoms with Crippen LogP contribution in [0, 0.1) is 0 Å². The summed E-state index contributed by atoms with van der Waals surface area (Å²) in [6.07, 6.45) is 1.68. The smallest absolute Gasteiger partial charge is 0.240 e. The molecule has 1 aromatic heterocycles. The molecule has 0 saturated carbocycles. The third-order valence-corrected chi connectivity index (χ3v) is 4.49. The predicted molar refractivity (Wildman–Crippen MR) is 121 cm³/mol. The minimum atomic E-state index is -0.608. The summed E-state index contributed by atoms with van der Waals surface area (Å²) in [7, 11) is 0. The van der Waals surface area contributed by atoms with Crippen LogP contribution in [0.4, 0.5) is 0 Å². The van der Waals surface area contributed by atoms with E-state index in [-0.39, 0.29) is 67.8 Å². The second-order valence-corrected chi connectivity index (χ2v) is 6.09. The first-order valence-corrected chi connectivity index (χ1v) is 8.12. The van der Waals surface area contributed by atoms with Crippen LogP contribution in [0.1, 0.15) is 5.56 Å². The van der Waals surface area contributed by atoms with Gasteiger partial charge in [-0.1, -0.05) is 12.1 Å². The van der Waals surface area contributed by atoms with Crippen molar-refractivity contribution in [2.75, 3.05) is 32.7 Å². The van der Waals surface area contributed by atoms with Gasteiger partial charge in [-0.2, -0.15) is 0 Å². The Balaban J connectivity index is 0. The van der Waals surface area contributed by atoms with Gasteiger partial charge in [0.1, 0.15) is 11.3 Å². The molecule has 3 rings (SSSR count). The fourth-order valence-corrected chi connectivity index (χ4v) is 3.06. The van der Waals surface area contributed by atoms with Crippen molar-refractivity contribution in [2.24, 2.45) is 11.5 Å². The Morgan fingerprint density at radius 3 is 2.36 bits per heavy atom. The van der Waals surface area contributed by atoms with Crippen LogP contribution in [0.2, 0.25) is 0 Å². The number of halogens is 4. The molecular weight excluding hydrogens is 448 g/mol. The van der Waals surface area contributed by atoms with E-state index in [1.165, 1.54) is 0 Å². The SMILES string of the molecule is Cl.Cl.Cl.Cl.NC[C@@H](N)C(=O)N1CCN(Cc2ccc(O)c3ncccc23)CC1. The van der Waals surface area contributed by atoms with E-state index in [9.17, 15) is 9.90 Å². The third kappa shape index (κ3) is 6.49. The topological polar surface area (TPSA) is 109 Å². The van der Waals surface area contributed by atoms with E-state index in [2.05, 4.69) is 9.88 Å². The standard InChI is InChI=1S/C17H23N5O2.4ClH/c18-10-14(19)17(24)22-8-6-21(7-9-22)11-12-3-4-15(23)16-13(12)2-1-5-20-16;;;;/h1-5,14,23H,6-11,18-19H2;4*1H/t14-;;;;/m1..../s1. The van der Waals surface area contributed by atoms with Crippen molar-refractivity contribution in [3.63, 3.8) is 0 Å². The van der Waals surface area contributed by atoms with E-state index in [4.69, 9.17) is 11.5 Å². The average Bonchev–Trinajstić information content (AvgIpc) is 2.63. The number of piperazine rings is 1. The summed E-state index contributed by atoms with van der Waals surface area (Å²) in [5.41, 5.74) is 12.9. The zero-order chi connectivity index (χ0) is 17.1. The quantitative estimate of drug-likeness (QED) is 0.620. The largest absolute Gasteiger partial charge is 0.506 e. The molecule has 1 aliphatic heterocycles. The number of hydrogen-bond donors (Lipinski definition) is 3. The molecular formula is C17H27Cl4N5O2. The van der Waals surface area contributed by atoms with Crippen molar-refractivity contribution < 1.29 is 9.90 Å². The van der Waals surface area contributed by atoms with E-state index >= 15 is 0 Å². The number of aromatic hydroxyl groups is 1. The number of nitrogens with two attached hydrogens (primary N) is 2. The van der Waals surface area contributed by atoms with Crippen molar-refractivity contribution in [1.29, 1.82) is 0 Å². The fraction of sp³-hybridized carbons (Fsp3) is 0.412. The average molecular weight is 475 g/mol. The molecule has 1 amide bonds. The summed E-state index contributed by atoms with van der Waals surface area (Å²) in [6, 6.07) is 6.85. The number of amides is 1. The number of benzene rings is 1. The van der Waals surface area contributed by atoms with Crippen molar-refractivity contribution >= 4 is 66.4 Å². The summed E-state index contributed by atoms with van der Waals surface area (Å²) < 4.78 is 0. The minimum Gasteiger partial charge on any atom is -0.506 e. The molecule has 5 N–H and O–H groups in total. The first-order valence-electron chi connectivity index (χ1n) is 8.12. The van der Waals surface area contributed by atoms with Crippen molar-refractivity contribution in [3.8, 4) is 5.75 Å². The number of hydrogen-bond acceptors (Lipinski definition) is 6. The van der Waals surface area contributed by atoms with E-state index in [0.29, 0.717) is 18.6 Å². The lowest BCUT2D eigenvalue weighted by atomic mass is 10.1. The zero-order valence-electron chi connectivity index (χ0n) is 15.2. The van der Waals surface area contributed by atoms with Gasteiger partial charge in [0.15, 0.2) is 0 Å². The molecule has 1 aromatic carbocycles. The highest BCUT2D eigenvalue weighted by Crippen LogP contribution is 2.26. The highest BCUT2D eigenvalue weighted by Gasteiger charge is 2.24. The third-order valence-electron chi connectivity index (χ3n) is 4.49. The van der Waals surface area contributed by atoms with Crippen LogP contribution in [-0.2, 0) is 11.3 Å². The molecule has 1 fully saturated rings. The predicted octanol–water partition coefficient (Wildman–Crippen LogP) is 1.56. The maximum atomic E-state index is 12.1. The lowest BCUT2D eigenvalue weighted by Gasteiger charge is -2.36. The fourth-order valence-electron chi connectivity index (χ4n) is 3.06. The molecule has 1 atom stereocenters. The maximum absolute atomic E-state index is 12.1. The van der Waals surface area contributed by atoms with Gasteiger partial charge in [0.2, 0.25) is 5.91 Å². The van der Waals surface area contributed by atoms with Crippen molar-refractivity contribution in [2.45, 2.75) is 12.6 Å². The normalized spacial score (nSPS) is 14.7.